The summed E-state index contributed by atoms with van der Waals surface area (Å²) in [6, 6.07) is 13.6. The number of anilines is 1. The number of hydrogen-bond donors (Lipinski definition) is 1. The maximum Gasteiger partial charge on any atom is 0.251 e. The molecule has 0 aromatic heterocycles. The summed E-state index contributed by atoms with van der Waals surface area (Å²) in [6.07, 6.45) is 0. The smallest absolute Gasteiger partial charge is 0.251 e. The molecular formula is C21H29N3O3. The number of rotatable bonds is 8. The first-order valence-electron chi connectivity index (χ1n) is 8.80. The Labute approximate surface area is 161 Å². The number of nitrogens with one attached hydrogen (secondary N) is 1. The summed E-state index contributed by atoms with van der Waals surface area (Å²) in [6.45, 7) is 0.493. The van der Waals surface area contributed by atoms with Crippen LogP contribution in [0.2, 0.25) is 0 Å². The van der Waals surface area contributed by atoms with E-state index in [0.29, 0.717) is 23.6 Å². The number of ether oxygens (including phenoxy) is 2. The molecule has 0 bridgehead atoms. The van der Waals surface area contributed by atoms with E-state index in [1.54, 1.807) is 32.4 Å². The van der Waals surface area contributed by atoms with Crippen molar-refractivity contribution in [1.29, 1.82) is 0 Å². The van der Waals surface area contributed by atoms with Gasteiger partial charge in [-0.2, -0.15) is 0 Å². The summed E-state index contributed by atoms with van der Waals surface area (Å²) < 4.78 is 10.5. The molecule has 0 unspecified atom stereocenters. The molecule has 2 aromatic rings. The fourth-order valence-corrected chi connectivity index (χ4v) is 2.82. The van der Waals surface area contributed by atoms with Crippen molar-refractivity contribution in [1.82, 2.24) is 10.2 Å². The minimum Gasteiger partial charge on any atom is -0.497 e. The van der Waals surface area contributed by atoms with Gasteiger partial charge in [0.15, 0.2) is 0 Å². The molecule has 1 atom stereocenters. The maximum absolute atomic E-state index is 12.6. The van der Waals surface area contributed by atoms with E-state index in [1.807, 2.05) is 28.2 Å². The lowest BCUT2D eigenvalue weighted by atomic mass is 10.0. The molecule has 6 heteroatoms. The van der Waals surface area contributed by atoms with E-state index < -0.39 is 0 Å². The van der Waals surface area contributed by atoms with E-state index in [0.717, 1.165) is 11.3 Å². The largest absolute Gasteiger partial charge is 0.497 e. The third-order valence-electron chi connectivity index (χ3n) is 4.49. The van der Waals surface area contributed by atoms with Crippen LogP contribution in [-0.4, -0.2) is 59.8 Å². The molecular weight excluding hydrogens is 342 g/mol. The van der Waals surface area contributed by atoms with Crippen LogP contribution in [0.15, 0.2) is 42.5 Å². The van der Waals surface area contributed by atoms with Crippen molar-refractivity contribution in [2.45, 2.75) is 6.04 Å². The Hall–Kier alpha value is -2.73. The Morgan fingerprint density at radius 2 is 1.52 bits per heavy atom. The molecule has 0 aliphatic carbocycles. The standard InChI is InChI=1S/C21H29N3O3/c1-23(2)17-9-7-15(8-10-17)20(24(3)4)14-22-21(25)16-11-18(26-5)13-19(12-16)27-6/h7-13,20H,14H2,1-6H3,(H,22,25)/t20-/m1/s1. The van der Waals surface area contributed by atoms with Gasteiger partial charge < -0.3 is 24.6 Å². The van der Waals surface area contributed by atoms with Gasteiger partial charge in [0.25, 0.3) is 5.91 Å². The number of likely N-dealkylation sites (N-methyl/N-ethyl adjacent to an activating group) is 1. The van der Waals surface area contributed by atoms with Crippen molar-refractivity contribution in [2.24, 2.45) is 0 Å². The van der Waals surface area contributed by atoms with Crippen LogP contribution in [0.3, 0.4) is 0 Å². The van der Waals surface area contributed by atoms with E-state index in [9.17, 15) is 4.79 Å². The molecule has 27 heavy (non-hydrogen) atoms. The summed E-state index contributed by atoms with van der Waals surface area (Å²) in [5.41, 5.74) is 2.80. The van der Waals surface area contributed by atoms with Crippen molar-refractivity contribution in [3.05, 3.63) is 53.6 Å². The number of carbonyl (C=O) groups is 1. The fourth-order valence-electron chi connectivity index (χ4n) is 2.82. The van der Waals surface area contributed by atoms with Gasteiger partial charge in [-0.15, -0.1) is 0 Å². The highest BCUT2D eigenvalue weighted by Crippen LogP contribution is 2.23. The molecule has 0 aliphatic heterocycles. The lowest BCUT2D eigenvalue weighted by molar-refractivity contribution is 0.0941. The maximum atomic E-state index is 12.6. The summed E-state index contributed by atoms with van der Waals surface area (Å²) in [4.78, 5) is 16.8. The number of hydrogen-bond acceptors (Lipinski definition) is 5. The van der Waals surface area contributed by atoms with E-state index in [4.69, 9.17) is 9.47 Å². The average Bonchev–Trinajstić information content (AvgIpc) is 2.67. The van der Waals surface area contributed by atoms with Gasteiger partial charge in [-0.05, 0) is 43.9 Å². The highest BCUT2D eigenvalue weighted by atomic mass is 16.5. The lowest BCUT2D eigenvalue weighted by Gasteiger charge is -2.26. The van der Waals surface area contributed by atoms with Crippen LogP contribution in [0.1, 0.15) is 22.0 Å². The summed E-state index contributed by atoms with van der Waals surface area (Å²) in [5.74, 6) is 1.01. The lowest BCUT2D eigenvalue weighted by Crippen LogP contribution is -2.34. The van der Waals surface area contributed by atoms with Gasteiger partial charge in [-0.3, -0.25) is 4.79 Å². The summed E-state index contributed by atoms with van der Waals surface area (Å²) >= 11 is 0. The van der Waals surface area contributed by atoms with E-state index in [2.05, 4.69) is 39.4 Å². The van der Waals surface area contributed by atoms with E-state index in [-0.39, 0.29) is 11.9 Å². The van der Waals surface area contributed by atoms with Crippen molar-refractivity contribution in [3.63, 3.8) is 0 Å². The minimum atomic E-state index is -0.163. The van der Waals surface area contributed by atoms with Crippen molar-refractivity contribution in [3.8, 4) is 11.5 Å². The molecule has 6 nitrogen and oxygen atoms in total. The predicted molar refractivity (Wildman–Crippen MR) is 109 cm³/mol. The fraction of sp³-hybridized carbons (Fsp3) is 0.381. The second kappa shape index (κ2) is 9.28. The van der Waals surface area contributed by atoms with Gasteiger partial charge >= 0.3 is 0 Å². The van der Waals surface area contributed by atoms with Crippen LogP contribution < -0.4 is 19.7 Å². The zero-order valence-corrected chi connectivity index (χ0v) is 16.9. The number of nitrogens with zero attached hydrogens (tertiary/aromatic N) is 2. The molecule has 0 radical (unpaired) electrons. The Morgan fingerprint density at radius 1 is 0.963 bits per heavy atom. The summed E-state index contributed by atoms with van der Waals surface area (Å²) in [5, 5.41) is 3.02. The topological polar surface area (TPSA) is 54.0 Å². The SMILES string of the molecule is COc1cc(OC)cc(C(=O)NC[C@H](c2ccc(N(C)C)cc2)N(C)C)c1. The first-order valence-corrected chi connectivity index (χ1v) is 8.80. The van der Waals surface area contributed by atoms with Crippen LogP contribution in [0.4, 0.5) is 5.69 Å². The van der Waals surface area contributed by atoms with Crippen LogP contribution in [0.5, 0.6) is 11.5 Å². The van der Waals surface area contributed by atoms with Crippen LogP contribution in [0.25, 0.3) is 0 Å². The normalized spacial score (nSPS) is 11.8. The quantitative estimate of drug-likeness (QED) is 0.773. The Balaban J connectivity index is 2.12. The number of carbonyl (C=O) groups excluding carboxylic acids is 1. The molecule has 0 fully saturated rings. The van der Waals surface area contributed by atoms with Gasteiger partial charge in [-0.25, -0.2) is 0 Å². The Kier molecular flexibility index (Phi) is 7.07. The first kappa shape index (κ1) is 20.6. The van der Waals surface area contributed by atoms with Gasteiger partial charge in [-0.1, -0.05) is 12.1 Å². The zero-order chi connectivity index (χ0) is 20.0. The number of amides is 1. The molecule has 1 amide bonds. The predicted octanol–water partition coefficient (Wildman–Crippen LogP) is 2.80. The molecule has 0 heterocycles. The van der Waals surface area contributed by atoms with Gasteiger partial charge in [0.05, 0.1) is 20.3 Å². The van der Waals surface area contributed by atoms with Crippen LogP contribution >= 0.6 is 0 Å². The first-order chi connectivity index (χ1) is 12.8. The van der Waals surface area contributed by atoms with Gasteiger partial charge in [0.2, 0.25) is 0 Å². The van der Waals surface area contributed by atoms with Crippen molar-refractivity contribution >= 4 is 11.6 Å². The zero-order valence-electron chi connectivity index (χ0n) is 16.9. The van der Waals surface area contributed by atoms with Crippen LogP contribution in [-0.2, 0) is 0 Å². The summed E-state index contributed by atoms with van der Waals surface area (Å²) in [7, 11) is 11.2. The second-order valence-electron chi connectivity index (χ2n) is 6.78. The Morgan fingerprint density at radius 3 is 1.96 bits per heavy atom. The number of benzene rings is 2. The minimum absolute atomic E-state index is 0.0673. The molecule has 0 aliphatic rings. The van der Waals surface area contributed by atoms with Gasteiger partial charge in [0, 0.05) is 38.0 Å². The monoisotopic (exact) mass is 371 g/mol. The Bertz CT molecular complexity index is 736. The highest BCUT2D eigenvalue weighted by molar-refractivity contribution is 5.95. The molecule has 146 valence electrons. The van der Waals surface area contributed by atoms with Gasteiger partial charge in [0.1, 0.15) is 11.5 Å². The van der Waals surface area contributed by atoms with Crippen LogP contribution in [0, 0.1) is 0 Å². The number of methoxy groups -OCH3 is 2. The third-order valence-corrected chi connectivity index (χ3v) is 4.49. The average molecular weight is 371 g/mol. The molecule has 0 saturated carbocycles. The highest BCUT2D eigenvalue weighted by Gasteiger charge is 2.17. The molecule has 0 saturated heterocycles. The van der Waals surface area contributed by atoms with Crippen molar-refractivity contribution in [2.75, 3.05) is 53.9 Å². The third kappa shape index (κ3) is 5.37. The van der Waals surface area contributed by atoms with E-state index in [1.165, 1.54) is 0 Å². The molecule has 1 N–H and O–H groups in total. The second-order valence-corrected chi connectivity index (χ2v) is 6.78. The molecule has 0 spiro atoms. The van der Waals surface area contributed by atoms with E-state index >= 15 is 0 Å². The van der Waals surface area contributed by atoms with Crippen molar-refractivity contribution < 1.29 is 14.3 Å². The molecule has 2 rings (SSSR count). The molecule has 2 aromatic carbocycles.